The Morgan fingerprint density at radius 3 is 2.94 bits per heavy atom. The Morgan fingerprint density at radius 1 is 1.53 bits per heavy atom. The van der Waals surface area contributed by atoms with Crippen LogP contribution in [0.3, 0.4) is 0 Å². The predicted molar refractivity (Wildman–Crippen MR) is 65.6 cm³/mol. The van der Waals surface area contributed by atoms with Crippen LogP contribution in [0.4, 0.5) is 0 Å². The van der Waals surface area contributed by atoms with Crippen molar-refractivity contribution >= 4 is 0 Å². The van der Waals surface area contributed by atoms with Gasteiger partial charge in [0.05, 0.1) is 6.10 Å². The first-order chi connectivity index (χ1) is 8.24. The van der Waals surface area contributed by atoms with Crippen molar-refractivity contribution in [3.05, 3.63) is 18.2 Å². The molecule has 1 fully saturated rings. The number of aliphatic hydroxyl groups excluding tert-OH is 1. The SMILES string of the molecule is CCOC1CC(CC(O)c2nccn2CC)C1. The van der Waals surface area contributed by atoms with E-state index >= 15 is 0 Å². The van der Waals surface area contributed by atoms with Gasteiger partial charge in [0.15, 0.2) is 0 Å². The Balaban J connectivity index is 1.80. The zero-order valence-electron chi connectivity index (χ0n) is 10.7. The smallest absolute Gasteiger partial charge is 0.137 e. The van der Waals surface area contributed by atoms with Gasteiger partial charge in [-0.05, 0) is 39.0 Å². The van der Waals surface area contributed by atoms with E-state index in [4.69, 9.17) is 4.74 Å². The van der Waals surface area contributed by atoms with E-state index in [2.05, 4.69) is 11.9 Å². The van der Waals surface area contributed by atoms with Crippen LogP contribution in [0.1, 0.15) is 45.0 Å². The molecule has 1 heterocycles. The van der Waals surface area contributed by atoms with E-state index in [1.54, 1.807) is 6.20 Å². The van der Waals surface area contributed by atoms with Gasteiger partial charge in [-0.2, -0.15) is 0 Å². The lowest BCUT2D eigenvalue weighted by molar-refractivity contribution is -0.0390. The van der Waals surface area contributed by atoms with Crippen LogP contribution in [-0.2, 0) is 11.3 Å². The minimum atomic E-state index is -0.433. The number of hydrogen-bond donors (Lipinski definition) is 1. The molecule has 1 aromatic rings. The van der Waals surface area contributed by atoms with Crippen LogP contribution < -0.4 is 0 Å². The summed E-state index contributed by atoms with van der Waals surface area (Å²) in [6.45, 7) is 5.74. The number of imidazole rings is 1. The Kier molecular flexibility index (Phi) is 4.18. The summed E-state index contributed by atoms with van der Waals surface area (Å²) in [6.07, 6.45) is 6.63. The van der Waals surface area contributed by atoms with Crippen molar-refractivity contribution < 1.29 is 9.84 Å². The van der Waals surface area contributed by atoms with Crippen molar-refractivity contribution in [2.75, 3.05) is 6.61 Å². The number of ether oxygens (including phenoxy) is 1. The maximum Gasteiger partial charge on any atom is 0.137 e. The molecule has 1 unspecified atom stereocenters. The largest absolute Gasteiger partial charge is 0.385 e. The number of hydrogen-bond acceptors (Lipinski definition) is 3. The van der Waals surface area contributed by atoms with Crippen molar-refractivity contribution in [1.82, 2.24) is 9.55 Å². The molecule has 96 valence electrons. The maximum atomic E-state index is 10.1. The van der Waals surface area contributed by atoms with Crippen molar-refractivity contribution in [2.24, 2.45) is 5.92 Å². The van der Waals surface area contributed by atoms with Gasteiger partial charge in [0.2, 0.25) is 0 Å². The van der Waals surface area contributed by atoms with Gasteiger partial charge in [-0.3, -0.25) is 0 Å². The molecule has 2 rings (SSSR count). The van der Waals surface area contributed by atoms with Gasteiger partial charge in [0.25, 0.3) is 0 Å². The molecule has 17 heavy (non-hydrogen) atoms. The average molecular weight is 238 g/mol. The molecule has 1 aliphatic rings. The molecule has 0 spiro atoms. The summed E-state index contributed by atoms with van der Waals surface area (Å²) in [5.41, 5.74) is 0. The van der Waals surface area contributed by atoms with Crippen LogP contribution in [0.5, 0.6) is 0 Å². The zero-order valence-corrected chi connectivity index (χ0v) is 10.7. The average Bonchev–Trinajstić information content (AvgIpc) is 2.74. The minimum absolute atomic E-state index is 0.420. The second-order valence-corrected chi connectivity index (χ2v) is 4.74. The monoisotopic (exact) mass is 238 g/mol. The zero-order chi connectivity index (χ0) is 12.3. The molecule has 1 aromatic heterocycles. The summed E-state index contributed by atoms with van der Waals surface area (Å²) in [5, 5.41) is 10.1. The van der Waals surface area contributed by atoms with Gasteiger partial charge < -0.3 is 14.4 Å². The molecule has 0 amide bonds. The van der Waals surface area contributed by atoms with Gasteiger partial charge in [-0.15, -0.1) is 0 Å². The molecule has 0 saturated heterocycles. The molecule has 1 saturated carbocycles. The van der Waals surface area contributed by atoms with E-state index in [-0.39, 0.29) is 0 Å². The number of aliphatic hydroxyl groups is 1. The van der Waals surface area contributed by atoms with Crippen LogP contribution in [-0.4, -0.2) is 27.4 Å². The first kappa shape index (κ1) is 12.6. The molecule has 0 bridgehead atoms. The minimum Gasteiger partial charge on any atom is -0.385 e. The van der Waals surface area contributed by atoms with Gasteiger partial charge in [0, 0.05) is 25.5 Å². The van der Waals surface area contributed by atoms with Crippen molar-refractivity contribution in [3.63, 3.8) is 0 Å². The summed E-state index contributed by atoms with van der Waals surface area (Å²) in [4.78, 5) is 4.24. The van der Waals surface area contributed by atoms with Crippen LogP contribution in [0.15, 0.2) is 12.4 Å². The van der Waals surface area contributed by atoms with Crippen molar-refractivity contribution in [1.29, 1.82) is 0 Å². The van der Waals surface area contributed by atoms with Gasteiger partial charge >= 0.3 is 0 Å². The number of aromatic nitrogens is 2. The maximum absolute atomic E-state index is 10.1. The van der Waals surface area contributed by atoms with E-state index < -0.39 is 6.10 Å². The summed E-state index contributed by atoms with van der Waals surface area (Å²) in [7, 11) is 0. The first-order valence-electron chi connectivity index (χ1n) is 6.55. The fourth-order valence-corrected chi connectivity index (χ4v) is 2.55. The van der Waals surface area contributed by atoms with E-state index in [1.165, 1.54) is 0 Å². The van der Waals surface area contributed by atoms with Gasteiger partial charge in [-0.25, -0.2) is 4.98 Å². The van der Waals surface area contributed by atoms with E-state index in [0.29, 0.717) is 12.0 Å². The Morgan fingerprint density at radius 2 is 2.29 bits per heavy atom. The summed E-state index contributed by atoms with van der Waals surface area (Å²) in [6, 6.07) is 0. The van der Waals surface area contributed by atoms with Gasteiger partial charge in [-0.1, -0.05) is 0 Å². The van der Waals surface area contributed by atoms with Crippen molar-refractivity contribution in [2.45, 2.75) is 51.9 Å². The summed E-state index contributed by atoms with van der Waals surface area (Å²) >= 11 is 0. The standard InChI is InChI=1S/C13H22N2O2/c1-3-15-6-5-14-13(15)12(16)9-10-7-11(8-10)17-4-2/h5-6,10-12,16H,3-4,7-9H2,1-2H3. The van der Waals surface area contributed by atoms with Crippen LogP contribution in [0.25, 0.3) is 0 Å². The second kappa shape index (κ2) is 5.65. The third kappa shape index (κ3) is 2.87. The molecule has 4 heteroatoms. The van der Waals surface area contributed by atoms with E-state index in [0.717, 1.165) is 38.2 Å². The summed E-state index contributed by atoms with van der Waals surface area (Å²) < 4.78 is 7.53. The fourth-order valence-electron chi connectivity index (χ4n) is 2.55. The predicted octanol–water partition coefficient (Wildman–Crippen LogP) is 2.14. The molecule has 0 aliphatic heterocycles. The highest BCUT2D eigenvalue weighted by Crippen LogP contribution is 2.36. The third-order valence-electron chi connectivity index (χ3n) is 3.54. The third-order valence-corrected chi connectivity index (χ3v) is 3.54. The summed E-state index contributed by atoms with van der Waals surface area (Å²) in [5.74, 6) is 1.39. The van der Waals surface area contributed by atoms with Crippen LogP contribution >= 0.6 is 0 Å². The Labute approximate surface area is 103 Å². The quantitative estimate of drug-likeness (QED) is 0.826. The molecule has 4 nitrogen and oxygen atoms in total. The first-order valence-corrected chi connectivity index (χ1v) is 6.55. The second-order valence-electron chi connectivity index (χ2n) is 4.74. The molecule has 1 aliphatic carbocycles. The highest BCUT2D eigenvalue weighted by molar-refractivity contribution is 4.98. The molecular weight excluding hydrogens is 216 g/mol. The van der Waals surface area contributed by atoms with E-state index in [9.17, 15) is 5.11 Å². The molecule has 1 atom stereocenters. The lowest BCUT2D eigenvalue weighted by atomic mass is 9.78. The molecule has 1 N–H and O–H groups in total. The number of aryl methyl sites for hydroxylation is 1. The fraction of sp³-hybridized carbons (Fsp3) is 0.769. The topological polar surface area (TPSA) is 47.3 Å². The van der Waals surface area contributed by atoms with Gasteiger partial charge in [0.1, 0.15) is 11.9 Å². The van der Waals surface area contributed by atoms with Crippen LogP contribution in [0, 0.1) is 5.92 Å². The van der Waals surface area contributed by atoms with E-state index in [1.807, 2.05) is 17.7 Å². The molecule has 0 radical (unpaired) electrons. The number of nitrogens with zero attached hydrogens (tertiary/aromatic N) is 2. The lowest BCUT2D eigenvalue weighted by Gasteiger charge is -2.35. The number of rotatable bonds is 6. The highest BCUT2D eigenvalue weighted by atomic mass is 16.5. The molecular formula is C13H22N2O2. The normalized spacial score (nSPS) is 25.6. The van der Waals surface area contributed by atoms with Crippen LogP contribution in [0.2, 0.25) is 0 Å². The Hall–Kier alpha value is -0.870. The van der Waals surface area contributed by atoms with Crippen molar-refractivity contribution in [3.8, 4) is 0 Å². The highest BCUT2D eigenvalue weighted by Gasteiger charge is 2.32. The molecule has 0 aromatic carbocycles. The lowest BCUT2D eigenvalue weighted by Crippen LogP contribution is -2.32. The Bertz CT molecular complexity index is 345.